The maximum Gasteiger partial charge on any atom is 0.280 e. The van der Waals surface area contributed by atoms with Crippen molar-refractivity contribution in [2.45, 2.75) is 45.6 Å². The van der Waals surface area contributed by atoms with Crippen molar-refractivity contribution in [1.82, 2.24) is 9.03 Å². The van der Waals surface area contributed by atoms with Gasteiger partial charge in [0.15, 0.2) is 0 Å². The molecule has 0 bridgehead atoms. The lowest BCUT2D eigenvalue weighted by Gasteiger charge is -2.34. The molecule has 0 spiro atoms. The van der Waals surface area contributed by atoms with Crippen molar-refractivity contribution in [2.75, 3.05) is 13.1 Å². The molecule has 0 aromatic heterocycles. The van der Waals surface area contributed by atoms with Crippen molar-refractivity contribution in [1.29, 1.82) is 5.41 Å². The molecule has 0 radical (unpaired) electrons. The van der Waals surface area contributed by atoms with Gasteiger partial charge in [-0.05, 0) is 32.1 Å². The highest BCUT2D eigenvalue weighted by Gasteiger charge is 2.35. The molecule has 1 heterocycles. The van der Waals surface area contributed by atoms with Crippen LogP contribution in [0.2, 0.25) is 0 Å². The predicted octanol–water partition coefficient (Wildman–Crippen LogP) is 0.657. The topological polar surface area (TPSA) is 99.3 Å². The van der Waals surface area contributed by atoms with E-state index in [4.69, 9.17) is 11.1 Å². The summed E-state index contributed by atoms with van der Waals surface area (Å²) in [5, 5.41) is 7.51. The number of hydrogen-bond donors (Lipinski definition) is 3. The molecule has 1 aliphatic heterocycles. The van der Waals surface area contributed by atoms with Gasteiger partial charge in [-0.25, -0.2) is 0 Å². The normalized spacial score (nSPS) is 25.6. The Bertz CT molecular complexity index is 409. The first-order valence-electron chi connectivity index (χ1n) is 6.35. The number of nitrogens with one attached hydrogen (secondary N) is 2. The largest absolute Gasteiger partial charge is 0.386 e. The van der Waals surface area contributed by atoms with E-state index in [1.54, 1.807) is 6.92 Å². The maximum atomic E-state index is 12.3. The standard InChI is InChI=1S/C11H24N4O2S/c1-4-11(3,10(12)13)14-18(16,17)15-7-5-6-9(2)8-15/h9,14H,4-8H2,1-3H3,(H3,12,13). The minimum Gasteiger partial charge on any atom is -0.386 e. The monoisotopic (exact) mass is 276 g/mol. The molecule has 0 saturated carbocycles. The van der Waals surface area contributed by atoms with Crippen LogP contribution in [0.1, 0.15) is 40.0 Å². The molecule has 2 atom stereocenters. The van der Waals surface area contributed by atoms with E-state index in [1.807, 2.05) is 13.8 Å². The van der Waals surface area contributed by atoms with E-state index in [1.165, 1.54) is 4.31 Å². The maximum absolute atomic E-state index is 12.3. The van der Waals surface area contributed by atoms with Gasteiger partial charge in [-0.15, -0.1) is 0 Å². The van der Waals surface area contributed by atoms with Gasteiger partial charge in [-0.2, -0.15) is 17.4 Å². The van der Waals surface area contributed by atoms with Crippen molar-refractivity contribution in [3.05, 3.63) is 0 Å². The van der Waals surface area contributed by atoms with Crippen LogP contribution in [0.25, 0.3) is 0 Å². The lowest BCUT2D eigenvalue weighted by molar-refractivity contribution is 0.275. The molecule has 1 saturated heterocycles. The number of hydrogen-bond acceptors (Lipinski definition) is 3. The summed E-state index contributed by atoms with van der Waals surface area (Å²) in [5.41, 5.74) is 4.48. The Balaban J connectivity index is 2.84. The zero-order valence-electron chi connectivity index (χ0n) is 11.4. The lowest BCUT2D eigenvalue weighted by atomic mass is 10.00. The fourth-order valence-electron chi connectivity index (χ4n) is 2.03. The first-order chi connectivity index (χ1) is 8.21. The molecular weight excluding hydrogens is 252 g/mol. The van der Waals surface area contributed by atoms with Gasteiger partial charge in [-0.3, -0.25) is 5.41 Å². The summed E-state index contributed by atoms with van der Waals surface area (Å²) in [6, 6.07) is 0. The van der Waals surface area contributed by atoms with E-state index in [-0.39, 0.29) is 5.84 Å². The van der Waals surface area contributed by atoms with Crippen molar-refractivity contribution in [3.8, 4) is 0 Å². The van der Waals surface area contributed by atoms with Crippen LogP contribution in [0, 0.1) is 11.3 Å². The van der Waals surface area contributed by atoms with Crippen LogP contribution in [0.15, 0.2) is 0 Å². The number of piperidine rings is 1. The molecule has 7 heteroatoms. The Hall–Kier alpha value is -0.660. The van der Waals surface area contributed by atoms with E-state index in [0.717, 1.165) is 12.8 Å². The Kier molecular flexibility index (Phi) is 4.74. The second kappa shape index (κ2) is 5.54. The smallest absolute Gasteiger partial charge is 0.280 e. The molecule has 2 unspecified atom stereocenters. The van der Waals surface area contributed by atoms with E-state index >= 15 is 0 Å². The summed E-state index contributed by atoms with van der Waals surface area (Å²) in [6.07, 6.45) is 2.39. The van der Waals surface area contributed by atoms with Crippen LogP contribution in [-0.2, 0) is 10.2 Å². The molecule has 106 valence electrons. The van der Waals surface area contributed by atoms with Crippen LogP contribution in [0.4, 0.5) is 0 Å². The Morgan fingerprint density at radius 3 is 2.67 bits per heavy atom. The highest BCUT2D eigenvalue weighted by atomic mass is 32.2. The molecule has 6 nitrogen and oxygen atoms in total. The van der Waals surface area contributed by atoms with Crippen molar-refractivity contribution in [2.24, 2.45) is 11.7 Å². The van der Waals surface area contributed by atoms with Gasteiger partial charge in [0.05, 0.1) is 5.54 Å². The van der Waals surface area contributed by atoms with Gasteiger partial charge in [0.1, 0.15) is 5.84 Å². The minimum atomic E-state index is -3.57. The van der Waals surface area contributed by atoms with Gasteiger partial charge < -0.3 is 5.73 Å². The Morgan fingerprint density at radius 1 is 1.61 bits per heavy atom. The summed E-state index contributed by atoms with van der Waals surface area (Å²) >= 11 is 0. The highest BCUT2D eigenvalue weighted by molar-refractivity contribution is 7.87. The van der Waals surface area contributed by atoms with E-state index in [9.17, 15) is 8.42 Å². The summed E-state index contributed by atoms with van der Waals surface area (Å²) in [4.78, 5) is 0. The van der Waals surface area contributed by atoms with Gasteiger partial charge >= 0.3 is 0 Å². The van der Waals surface area contributed by atoms with Crippen LogP contribution in [0.3, 0.4) is 0 Å². The zero-order valence-corrected chi connectivity index (χ0v) is 12.2. The first-order valence-corrected chi connectivity index (χ1v) is 7.79. The molecule has 18 heavy (non-hydrogen) atoms. The van der Waals surface area contributed by atoms with Crippen molar-refractivity contribution < 1.29 is 8.42 Å². The Labute approximate surface area is 110 Å². The van der Waals surface area contributed by atoms with E-state index in [0.29, 0.717) is 25.4 Å². The first kappa shape index (κ1) is 15.4. The van der Waals surface area contributed by atoms with E-state index in [2.05, 4.69) is 4.72 Å². The van der Waals surface area contributed by atoms with Crippen LogP contribution < -0.4 is 10.5 Å². The predicted molar refractivity (Wildman–Crippen MR) is 72.6 cm³/mol. The number of amidine groups is 1. The van der Waals surface area contributed by atoms with Gasteiger partial charge in [0, 0.05) is 13.1 Å². The van der Waals surface area contributed by atoms with Crippen LogP contribution in [-0.4, -0.2) is 37.2 Å². The molecule has 4 N–H and O–H groups in total. The molecule has 1 rings (SSSR count). The van der Waals surface area contributed by atoms with Gasteiger partial charge in [0.2, 0.25) is 0 Å². The second-order valence-corrected chi connectivity index (χ2v) is 6.98. The molecule has 1 aliphatic rings. The molecule has 0 aliphatic carbocycles. The zero-order chi connectivity index (χ0) is 14.0. The highest BCUT2D eigenvalue weighted by Crippen LogP contribution is 2.20. The molecular formula is C11H24N4O2S. The summed E-state index contributed by atoms with van der Waals surface area (Å²) in [7, 11) is -3.57. The van der Waals surface area contributed by atoms with Gasteiger partial charge in [-0.1, -0.05) is 13.8 Å². The fraction of sp³-hybridized carbons (Fsp3) is 0.909. The molecule has 1 fully saturated rings. The van der Waals surface area contributed by atoms with Crippen molar-refractivity contribution in [3.63, 3.8) is 0 Å². The Morgan fingerprint density at radius 2 is 2.22 bits per heavy atom. The number of nitrogens with zero attached hydrogens (tertiary/aromatic N) is 1. The molecule has 0 aromatic rings. The summed E-state index contributed by atoms with van der Waals surface area (Å²) in [5.74, 6) is 0.221. The average molecular weight is 276 g/mol. The summed E-state index contributed by atoms with van der Waals surface area (Å²) < 4.78 is 28.6. The van der Waals surface area contributed by atoms with Crippen LogP contribution >= 0.6 is 0 Å². The van der Waals surface area contributed by atoms with Crippen LogP contribution in [0.5, 0.6) is 0 Å². The average Bonchev–Trinajstić information content (AvgIpc) is 2.28. The molecule has 0 amide bonds. The SMILES string of the molecule is CCC(C)(NS(=O)(=O)N1CCCC(C)C1)C(=N)N. The summed E-state index contributed by atoms with van der Waals surface area (Å²) in [6.45, 7) is 6.57. The van der Waals surface area contributed by atoms with Crippen molar-refractivity contribution >= 4 is 16.0 Å². The quantitative estimate of drug-likeness (QED) is 0.508. The third kappa shape index (κ3) is 3.43. The number of nitrogens with two attached hydrogens (primary N) is 1. The second-order valence-electron chi connectivity index (χ2n) is 5.31. The molecule has 0 aromatic carbocycles. The third-order valence-electron chi connectivity index (χ3n) is 3.62. The minimum absolute atomic E-state index is 0.154. The lowest BCUT2D eigenvalue weighted by Crippen LogP contribution is -2.58. The fourth-order valence-corrected chi connectivity index (χ4v) is 3.80. The third-order valence-corrected chi connectivity index (χ3v) is 5.34. The van der Waals surface area contributed by atoms with E-state index < -0.39 is 15.7 Å². The van der Waals surface area contributed by atoms with Gasteiger partial charge in [0.25, 0.3) is 10.2 Å². The number of rotatable bonds is 5.